The van der Waals surface area contributed by atoms with Gasteiger partial charge in [-0.05, 0) is 12.1 Å². The van der Waals surface area contributed by atoms with Crippen LogP contribution >= 0.6 is 0 Å². The molecule has 0 fully saturated rings. The van der Waals surface area contributed by atoms with Gasteiger partial charge in [0, 0.05) is 25.5 Å². The molecule has 0 heterocycles. The van der Waals surface area contributed by atoms with Crippen LogP contribution in [-0.4, -0.2) is 14.2 Å². The molecule has 1 rings (SSSR count). The SMILES string of the molecule is COC(OC)c1cccc(NC(C#N)=C(C#N)C#N)c1. The largest absolute Gasteiger partial charge is 0.352 e. The molecule has 0 bridgehead atoms. The summed E-state index contributed by atoms with van der Waals surface area (Å²) in [5.74, 6) is 0. The molecule has 20 heavy (non-hydrogen) atoms. The Morgan fingerprint density at radius 3 is 2.25 bits per heavy atom. The van der Waals surface area contributed by atoms with Crippen LogP contribution in [0.2, 0.25) is 0 Å². The van der Waals surface area contributed by atoms with E-state index < -0.39 is 6.29 Å². The summed E-state index contributed by atoms with van der Waals surface area (Å²) < 4.78 is 10.3. The van der Waals surface area contributed by atoms with E-state index in [2.05, 4.69) is 5.32 Å². The molecule has 0 radical (unpaired) electrons. The van der Waals surface area contributed by atoms with E-state index in [9.17, 15) is 0 Å². The Kier molecular flexibility index (Phi) is 5.75. The van der Waals surface area contributed by atoms with Gasteiger partial charge >= 0.3 is 0 Å². The number of hydrogen-bond donors (Lipinski definition) is 1. The Bertz CT molecular complexity index is 612. The number of allylic oxidation sites excluding steroid dienone is 2. The van der Waals surface area contributed by atoms with E-state index in [-0.39, 0.29) is 11.3 Å². The highest BCUT2D eigenvalue weighted by atomic mass is 16.7. The molecule has 1 aromatic carbocycles. The highest BCUT2D eigenvalue weighted by Crippen LogP contribution is 2.21. The summed E-state index contributed by atoms with van der Waals surface area (Å²) in [6.07, 6.45) is -0.530. The summed E-state index contributed by atoms with van der Waals surface area (Å²) in [6.45, 7) is 0. The van der Waals surface area contributed by atoms with Gasteiger partial charge in [0.2, 0.25) is 0 Å². The van der Waals surface area contributed by atoms with Gasteiger partial charge in [0.1, 0.15) is 23.9 Å². The van der Waals surface area contributed by atoms with Gasteiger partial charge in [-0.15, -0.1) is 0 Å². The minimum Gasteiger partial charge on any atom is -0.352 e. The molecular weight excluding hydrogens is 256 g/mol. The highest BCUT2D eigenvalue weighted by molar-refractivity contribution is 5.59. The third-order valence-corrected chi connectivity index (χ3v) is 2.44. The van der Waals surface area contributed by atoms with Crippen molar-refractivity contribution < 1.29 is 9.47 Å². The number of nitriles is 3. The molecule has 0 aliphatic heterocycles. The third kappa shape index (κ3) is 3.57. The number of ether oxygens (including phenoxy) is 2. The van der Waals surface area contributed by atoms with Gasteiger partial charge < -0.3 is 14.8 Å². The molecule has 0 atom stereocenters. The summed E-state index contributed by atoms with van der Waals surface area (Å²) in [7, 11) is 3.02. The Morgan fingerprint density at radius 1 is 1.10 bits per heavy atom. The molecule has 0 aliphatic carbocycles. The van der Waals surface area contributed by atoms with Crippen LogP contribution in [0.5, 0.6) is 0 Å². The second-order valence-corrected chi connectivity index (χ2v) is 3.64. The minimum atomic E-state index is -0.530. The second-order valence-electron chi connectivity index (χ2n) is 3.64. The van der Waals surface area contributed by atoms with Gasteiger partial charge in [-0.25, -0.2) is 0 Å². The molecule has 6 nitrogen and oxygen atoms in total. The van der Waals surface area contributed by atoms with Crippen LogP contribution < -0.4 is 5.32 Å². The van der Waals surface area contributed by atoms with Gasteiger partial charge in [0.25, 0.3) is 0 Å². The lowest BCUT2D eigenvalue weighted by Gasteiger charge is -2.15. The maximum Gasteiger partial charge on any atom is 0.183 e. The Balaban J connectivity index is 3.09. The van der Waals surface area contributed by atoms with Crippen molar-refractivity contribution in [2.45, 2.75) is 6.29 Å². The molecule has 0 aliphatic rings. The molecule has 1 N–H and O–H groups in total. The number of benzene rings is 1. The van der Waals surface area contributed by atoms with Crippen LogP contribution in [0.3, 0.4) is 0 Å². The van der Waals surface area contributed by atoms with Crippen LogP contribution in [0.1, 0.15) is 11.9 Å². The minimum absolute atomic E-state index is 0.0986. The van der Waals surface area contributed by atoms with Gasteiger partial charge in [0.15, 0.2) is 11.9 Å². The average molecular weight is 268 g/mol. The molecular formula is C14H12N4O2. The second kappa shape index (κ2) is 7.56. The van der Waals surface area contributed by atoms with Crippen molar-refractivity contribution in [3.8, 4) is 18.2 Å². The highest BCUT2D eigenvalue weighted by Gasteiger charge is 2.11. The molecule has 0 aromatic heterocycles. The smallest absolute Gasteiger partial charge is 0.183 e. The number of rotatable bonds is 5. The third-order valence-electron chi connectivity index (χ3n) is 2.44. The van der Waals surface area contributed by atoms with Crippen LogP contribution in [0.25, 0.3) is 0 Å². The van der Waals surface area contributed by atoms with Gasteiger partial charge in [-0.2, -0.15) is 15.8 Å². The van der Waals surface area contributed by atoms with Crippen LogP contribution in [-0.2, 0) is 9.47 Å². The molecule has 6 heteroatoms. The van der Waals surface area contributed by atoms with Gasteiger partial charge in [0.05, 0.1) is 0 Å². The molecule has 0 spiro atoms. The number of anilines is 1. The van der Waals surface area contributed by atoms with Crippen LogP contribution in [0.4, 0.5) is 5.69 Å². The van der Waals surface area contributed by atoms with E-state index in [0.29, 0.717) is 5.69 Å². The standard InChI is InChI=1S/C14H12N4O2/c1-19-14(20-2)10-4-3-5-12(6-10)18-13(9-17)11(7-15)8-16/h3-6,14,18H,1-2H3. The van der Waals surface area contributed by atoms with Gasteiger partial charge in [-0.1, -0.05) is 12.1 Å². The van der Waals surface area contributed by atoms with Crippen molar-refractivity contribution in [2.75, 3.05) is 19.5 Å². The summed E-state index contributed by atoms with van der Waals surface area (Å²) in [5, 5.41) is 29.2. The lowest BCUT2D eigenvalue weighted by Crippen LogP contribution is -2.05. The van der Waals surface area contributed by atoms with Crippen molar-refractivity contribution in [3.63, 3.8) is 0 Å². The lowest BCUT2D eigenvalue weighted by molar-refractivity contribution is -0.105. The Hall–Kier alpha value is -2.85. The molecule has 1 aromatic rings. The Labute approximate surface area is 117 Å². The fourth-order valence-corrected chi connectivity index (χ4v) is 1.56. The van der Waals surface area contributed by atoms with Gasteiger partial charge in [-0.3, -0.25) is 0 Å². The zero-order chi connectivity index (χ0) is 15.0. The average Bonchev–Trinajstić information content (AvgIpc) is 2.49. The predicted octanol–water partition coefficient (Wildman–Crippen LogP) is 2.21. The first-order valence-corrected chi connectivity index (χ1v) is 5.57. The summed E-state index contributed by atoms with van der Waals surface area (Å²) in [5.41, 5.74) is 0.931. The van der Waals surface area contributed by atoms with Crippen molar-refractivity contribution in [2.24, 2.45) is 0 Å². The molecule has 100 valence electrons. The van der Waals surface area contributed by atoms with Crippen molar-refractivity contribution in [1.29, 1.82) is 15.8 Å². The summed E-state index contributed by atoms with van der Waals surface area (Å²) >= 11 is 0. The molecule has 0 amide bonds. The monoisotopic (exact) mass is 268 g/mol. The topological polar surface area (TPSA) is 102 Å². The quantitative estimate of drug-likeness (QED) is 0.648. The van der Waals surface area contributed by atoms with E-state index in [0.717, 1.165) is 5.56 Å². The first kappa shape index (κ1) is 15.2. The first-order valence-electron chi connectivity index (χ1n) is 5.57. The normalized spacial score (nSPS) is 9.20. The maximum atomic E-state index is 8.97. The van der Waals surface area contributed by atoms with E-state index in [4.69, 9.17) is 25.3 Å². The zero-order valence-electron chi connectivity index (χ0n) is 11.0. The molecule has 0 saturated heterocycles. The summed E-state index contributed by atoms with van der Waals surface area (Å²) in [4.78, 5) is 0. The van der Waals surface area contributed by atoms with Crippen molar-refractivity contribution >= 4 is 5.69 Å². The van der Waals surface area contributed by atoms with Crippen molar-refractivity contribution in [1.82, 2.24) is 0 Å². The Morgan fingerprint density at radius 2 is 1.75 bits per heavy atom. The predicted molar refractivity (Wildman–Crippen MR) is 70.7 cm³/mol. The first-order chi connectivity index (χ1) is 9.69. The maximum absolute atomic E-state index is 8.97. The van der Waals surface area contributed by atoms with Crippen LogP contribution in [0.15, 0.2) is 35.5 Å². The fourth-order valence-electron chi connectivity index (χ4n) is 1.56. The van der Waals surface area contributed by atoms with E-state index in [1.165, 1.54) is 14.2 Å². The van der Waals surface area contributed by atoms with E-state index in [1.54, 1.807) is 42.5 Å². The fraction of sp³-hybridized carbons (Fsp3) is 0.214. The molecule has 0 saturated carbocycles. The van der Waals surface area contributed by atoms with Crippen LogP contribution in [0, 0.1) is 34.0 Å². The number of nitrogens with one attached hydrogen (secondary N) is 1. The van der Waals surface area contributed by atoms with E-state index in [1.807, 2.05) is 0 Å². The number of methoxy groups -OCH3 is 2. The van der Waals surface area contributed by atoms with E-state index >= 15 is 0 Å². The lowest BCUT2D eigenvalue weighted by atomic mass is 10.1. The number of hydrogen-bond acceptors (Lipinski definition) is 6. The van der Waals surface area contributed by atoms with Crippen molar-refractivity contribution in [3.05, 3.63) is 41.1 Å². The number of nitrogens with zero attached hydrogens (tertiary/aromatic N) is 3. The molecule has 0 unspecified atom stereocenters. The zero-order valence-corrected chi connectivity index (χ0v) is 11.0. The summed E-state index contributed by atoms with van der Waals surface area (Å²) in [6, 6.07) is 12.1.